The summed E-state index contributed by atoms with van der Waals surface area (Å²) in [7, 11) is 0. The predicted molar refractivity (Wildman–Crippen MR) is 90.6 cm³/mol. The number of nitrogens with one attached hydrogen (secondary N) is 1. The number of fused-ring (bicyclic) bond motifs is 5. The molecular formula is C18H13NOS. The average Bonchev–Trinajstić information content (AvgIpc) is 2.92. The average molecular weight is 291 g/mol. The van der Waals surface area contributed by atoms with E-state index in [0.717, 1.165) is 43.1 Å². The maximum absolute atomic E-state index is 6.07. The van der Waals surface area contributed by atoms with Gasteiger partial charge in [-0.3, -0.25) is 0 Å². The number of hydrogen-bond donors (Lipinski definition) is 1. The molecule has 0 unspecified atom stereocenters. The Morgan fingerprint density at radius 3 is 2.67 bits per heavy atom. The van der Waals surface area contributed by atoms with Crippen molar-refractivity contribution >= 4 is 39.4 Å². The molecule has 0 spiro atoms. The molecule has 0 amide bonds. The first-order valence-electron chi connectivity index (χ1n) is 6.70. The molecule has 3 aromatic rings. The van der Waals surface area contributed by atoms with Gasteiger partial charge in [-0.05, 0) is 24.3 Å². The molecule has 0 aliphatic carbocycles. The van der Waals surface area contributed by atoms with Crippen molar-refractivity contribution in [3.63, 3.8) is 0 Å². The maximum atomic E-state index is 6.07. The van der Waals surface area contributed by atoms with E-state index in [2.05, 4.69) is 36.7 Å². The number of rotatable bonds is 2. The van der Waals surface area contributed by atoms with E-state index >= 15 is 0 Å². The molecule has 0 saturated carbocycles. The van der Waals surface area contributed by atoms with Gasteiger partial charge in [-0.15, -0.1) is 0 Å². The minimum absolute atomic E-state index is 0.917. The topological polar surface area (TPSA) is 25.2 Å². The van der Waals surface area contributed by atoms with Gasteiger partial charge in [0.2, 0.25) is 0 Å². The van der Waals surface area contributed by atoms with Gasteiger partial charge in [0.1, 0.15) is 5.58 Å². The molecule has 0 fully saturated rings. The van der Waals surface area contributed by atoms with E-state index in [4.69, 9.17) is 4.42 Å². The van der Waals surface area contributed by atoms with Crippen molar-refractivity contribution in [3.8, 4) is 0 Å². The number of para-hydroxylation sites is 1. The van der Waals surface area contributed by atoms with Gasteiger partial charge in [0.25, 0.3) is 0 Å². The van der Waals surface area contributed by atoms with Crippen LogP contribution in [0.3, 0.4) is 0 Å². The Hall–Kier alpha value is -2.39. The van der Waals surface area contributed by atoms with Crippen molar-refractivity contribution in [3.05, 3.63) is 72.3 Å². The highest BCUT2D eigenvalue weighted by atomic mass is 32.2. The minimum atomic E-state index is 0.917. The van der Waals surface area contributed by atoms with E-state index in [1.54, 1.807) is 11.8 Å². The third kappa shape index (κ3) is 1.74. The van der Waals surface area contributed by atoms with Crippen LogP contribution >= 0.6 is 11.8 Å². The Labute approximate surface area is 126 Å². The lowest BCUT2D eigenvalue weighted by Crippen LogP contribution is -2.05. The quantitative estimate of drug-likeness (QED) is 0.657. The van der Waals surface area contributed by atoms with Gasteiger partial charge in [-0.25, -0.2) is 0 Å². The van der Waals surface area contributed by atoms with Crippen LogP contribution in [-0.4, -0.2) is 0 Å². The highest BCUT2D eigenvalue weighted by Gasteiger charge is 2.20. The molecular weight excluding hydrogens is 278 g/mol. The molecule has 0 bridgehead atoms. The standard InChI is InChI=1S/C18H13NOS/c1-3-13-16(4-2)21-18-14(19-13)10-9-12-11-7-5-6-8-15(11)20-17(12)18/h3-10,19H,1-2H2. The molecule has 3 heteroatoms. The molecule has 0 radical (unpaired) electrons. The minimum Gasteiger partial charge on any atom is -0.455 e. The molecule has 0 atom stereocenters. The first-order chi connectivity index (χ1) is 10.3. The third-order valence-electron chi connectivity index (χ3n) is 3.64. The van der Waals surface area contributed by atoms with Crippen LogP contribution in [0.2, 0.25) is 0 Å². The third-order valence-corrected chi connectivity index (χ3v) is 4.85. The molecule has 2 heterocycles. The molecule has 21 heavy (non-hydrogen) atoms. The SMILES string of the molecule is C=CC1=C(C=C)Sc2c(ccc3c2oc2ccccc23)N1. The molecule has 1 N–H and O–H groups in total. The zero-order chi connectivity index (χ0) is 14.4. The van der Waals surface area contributed by atoms with Crippen LogP contribution in [0.4, 0.5) is 5.69 Å². The fourth-order valence-electron chi connectivity index (χ4n) is 2.64. The van der Waals surface area contributed by atoms with Gasteiger partial charge in [-0.1, -0.05) is 49.2 Å². The van der Waals surface area contributed by atoms with E-state index in [1.807, 2.05) is 30.4 Å². The van der Waals surface area contributed by atoms with Crippen LogP contribution < -0.4 is 5.32 Å². The zero-order valence-corrected chi connectivity index (χ0v) is 12.2. The first-order valence-corrected chi connectivity index (χ1v) is 7.51. The summed E-state index contributed by atoms with van der Waals surface area (Å²) in [6.07, 6.45) is 3.66. The number of benzene rings is 2. The monoisotopic (exact) mass is 291 g/mol. The molecule has 1 aromatic heterocycles. The second-order valence-corrected chi connectivity index (χ2v) is 5.88. The summed E-state index contributed by atoms with van der Waals surface area (Å²) in [4.78, 5) is 2.16. The lowest BCUT2D eigenvalue weighted by molar-refractivity contribution is 0.661. The van der Waals surface area contributed by atoms with Crippen LogP contribution in [0.1, 0.15) is 0 Å². The van der Waals surface area contributed by atoms with Crippen molar-refractivity contribution in [1.82, 2.24) is 0 Å². The smallest absolute Gasteiger partial charge is 0.151 e. The molecule has 4 rings (SSSR count). The Morgan fingerprint density at radius 2 is 1.86 bits per heavy atom. The molecule has 1 aliphatic rings. The van der Waals surface area contributed by atoms with E-state index in [9.17, 15) is 0 Å². The molecule has 2 nitrogen and oxygen atoms in total. The Bertz CT molecular complexity index is 933. The van der Waals surface area contributed by atoms with Gasteiger partial charge in [0.15, 0.2) is 5.58 Å². The summed E-state index contributed by atoms with van der Waals surface area (Å²) < 4.78 is 6.07. The van der Waals surface area contributed by atoms with E-state index in [0.29, 0.717) is 0 Å². The molecule has 2 aromatic carbocycles. The van der Waals surface area contributed by atoms with Crippen LogP contribution in [0.25, 0.3) is 21.9 Å². The van der Waals surface area contributed by atoms with E-state index in [1.165, 1.54) is 0 Å². The summed E-state index contributed by atoms with van der Waals surface area (Å²) in [5, 5.41) is 5.68. The number of thioether (sulfide) groups is 1. The van der Waals surface area contributed by atoms with E-state index < -0.39 is 0 Å². The zero-order valence-electron chi connectivity index (χ0n) is 11.3. The summed E-state index contributed by atoms with van der Waals surface area (Å²) in [5.74, 6) is 0. The second kappa shape index (κ2) is 4.57. The normalized spacial score (nSPS) is 14.1. The number of hydrogen-bond acceptors (Lipinski definition) is 3. The van der Waals surface area contributed by atoms with Crippen molar-refractivity contribution in [2.75, 3.05) is 5.32 Å². The van der Waals surface area contributed by atoms with Crippen molar-refractivity contribution in [2.45, 2.75) is 4.90 Å². The van der Waals surface area contributed by atoms with Crippen LogP contribution in [0.5, 0.6) is 0 Å². The maximum Gasteiger partial charge on any atom is 0.151 e. The fraction of sp³-hybridized carbons (Fsp3) is 0. The number of furan rings is 1. The number of allylic oxidation sites excluding steroid dienone is 2. The number of anilines is 1. The molecule has 1 aliphatic heterocycles. The summed E-state index contributed by atoms with van der Waals surface area (Å²) >= 11 is 1.67. The highest BCUT2D eigenvalue weighted by Crippen LogP contribution is 2.46. The van der Waals surface area contributed by atoms with Crippen molar-refractivity contribution < 1.29 is 4.42 Å². The van der Waals surface area contributed by atoms with Crippen molar-refractivity contribution in [2.24, 2.45) is 0 Å². The van der Waals surface area contributed by atoms with E-state index in [-0.39, 0.29) is 0 Å². The first kappa shape index (κ1) is 12.4. The van der Waals surface area contributed by atoms with Gasteiger partial charge in [0, 0.05) is 15.7 Å². The van der Waals surface area contributed by atoms with Crippen LogP contribution in [-0.2, 0) is 0 Å². The lowest BCUT2D eigenvalue weighted by Gasteiger charge is -2.20. The summed E-state index contributed by atoms with van der Waals surface area (Å²) in [6, 6.07) is 12.3. The summed E-state index contributed by atoms with van der Waals surface area (Å²) in [5.41, 5.74) is 3.87. The van der Waals surface area contributed by atoms with Crippen molar-refractivity contribution in [1.29, 1.82) is 0 Å². The Morgan fingerprint density at radius 1 is 1.00 bits per heavy atom. The lowest BCUT2D eigenvalue weighted by atomic mass is 10.1. The van der Waals surface area contributed by atoms with Crippen LogP contribution in [0, 0.1) is 0 Å². The fourth-order valence-corrected chi connectivity index (χ4v) is 3.66. The van der Waals surface area contributed by atoms with Gasteiger partial charge in [-0.2, -0.15) is 0 Å². The van der Waals surface area contributed by atoms with Gasteiger partial charge in [0.05, 0.1) is 16.3 Å². The molecule has 102 valence electrons. The largest absolute Gasteiger partial charge is 0.455 e. The Kier molecular flexibility index (Phi) is 2.69. The predicted octanol–water partition coefficient (Wildman–Crippen LogP) is 5.69. The van der Waals surface area contributed by atoms with Crippen LogP contribution in [0.15, 0.2) is 81.6 Å². The van der Waals surface area contributed by atoms with Gasteiger partial charge >= 0.3 is 0 Å². The molecule has 0 saturated heterocycles. The second-order valence-electron chi connectivity index (χ2n) is 4.83. The Balaban J connectivity index is 2.02. The highest BCUT2D eigenvalue weighted by molar-refractivity contribution is 8.03. The van der Waals surface area contributed by atoms with Gasteiger partial charge < -0.3 is 9.73 Å². The summed E-state index contributed by atoms with van der Waals surface area (Å²) in [6.45, 7) is 7.73.